The highest BCUT2D eigenvalue weighted by atomic mass is 35.5. The largest absolute Gasteiger partial charge is 0.408 e. The summed E-state index contributed by atoms with van der Waals surface area (Å²) < 4.78 is 38.0. The molecule has 0 saturated carbocycles. The molecule has 1 aromatic carbocycles. The lowest BCUT2D eigenvalue weighted by Crippen LogP contribution is -2.53. The fourth-order valence-electron chi connectivity index (χ4n) is 2.75. The number of benzene rings is 1. The molecule has 0 spiro atoms. The third-order valence-corrected chi connectivity index (χ3v) is 4.22. The monoisotopic (exact) mass is 418 g/mol. The van der Waals surface area contributed by atoms with E-state index in [2.05, 4.69) is 20.5 Å². The molecule has 1 aliphatic rings. The maximum absolute atomic E-state index is 12.7. The summed E-state index contributed by atoms with van der Waals surface area (Å²) >= 11 is 0. The Bertz CT molecular complexity index is 840. The molecule has 2 aromatic rings. The molecule has 1 aliphatic heterocycles. The number of carbonyl (C=O) groups excluding carboxylic acids is 2. The predicted octanol–water partition coefficient (Wildman–Crippen LogP) is 1.75. The highest BCUT2D eigenvalue weighted by molar-refractivity contribution is 6.06. The first-order valence-electron chi connectivity index (χ1n) is 8.17. The first-order chi connectivity index (χ1) is 12.8. The standard InChI is InChI=1S/C16H17F3N6O2.ClH/c17-16(18,19)11-6-5-10(15(27)22-11)14(26)21-9-3-1-8(2-4-9)13-23-12(7-20)24-25-13;/h1-4,10-11H,5-7,20H2,(H,21,26)(H,22,27)(H,23,24,25);1H. The zero-order chi connectivity index (χ0) is 19.6. The average Bonchev–Trinajstić information content (AvgIpc) is 3.10. The molecule has 28 heavy (non-hydrogen) atoms. The smallest absolute Gasteiger partial charge is 0.344 e. The van der Waals surface area contributed by atoms with Crippen LogP contribution in [0.2, 0.25) is 0 Å². The molecule has 0 bridgehead atoms. The second kappa shape index (κ2) is 8.57. The third-order valence-electron chi connectivity index (χ3n) is 4.22. The molecule has 2 unspecified atom stereocenters. The van der Waals surface area contributed by atoms with Crippen molar-refractivity contribution in [3.63, 3.8) is 0 Å². The Hall–Kier alpha value is -2.66. The number of aromatic nitrogens is 3. The second-order valence-corrected chi connectivity index (χ2v) is 6.11. The number of H-pyrrole nitrogens is 1. The summed E-state index contributed by atoms with van der Waals surface area (Å²) in [4.78, 5) is 28.3. The SMILES string of the molecule is Cl.NCc1nc(-c2ccc(NC(=O)C3CCC(C(F)(F)F)NC3=O)cc2)n[nH]1. The summed E-state index contributed by atoms with van der Waals surface area (Å²) in [5, 5.41) is 11.1. The zero-order valence-electron chi connectivity index (χ0n) is 14.4. The number of hydrogen-bond donors (Lipinski definition) is 4. The van der Waals surface area contributed by atoms with E-state index in [0.717, 1.165) is 0 Å². The van der Waals surface area contributed by atoms with E-state index in [1.165, 1.54) is 0 Å². The summed E-state index contributed by atoms with van der Waals surface area (Å²) in [5.41, 5.74) is 6.55. The molecule has 0 aliphatic carbocycles. The van der Waals surface area contributed by atoms with Crippen LogP contribution in [0.1, 0.15) is 18.7 Å². The van der Waals surface area contributed by atoms with Crippen molar-refractivity contribution in [3.05, 3.63) is 30.1 Å². The minimum absolute atomic E-state index is 0. The number of rotatable bonds is 4. The molecule has 0 radical (unpaired) electrons. The Labute approximate surface area is 163 Å². The van der Waals surface area contributed by atoms with Gasteiger partial charge in [-0.2, -0.15) is 18.3 Å². The average molecular weight is 419 g/mol. The van der Waals surface area contributed by atoms with Gasteiger partial charge >= 0.3 is 6.18 Å². The highest BCUT2D eigenvalue weighted by Gasteiger charge is 2.45. The Balaban J connectivity index is 0.00000280. The number of aromatic amines is 1. The van der Waals surface area contributed by atoms with Gasteiger partial charge in [0.1, 0.15) is 17.8 Å². The first-order valence-corrected chi connectivity index (χ1v) is 8.17. The first kappa shape index (κ1) is 21.6. The molecule has 2 atom stereocenters. The predicted molar refractivity (Wildman–Crippen MR) is 96.3 cm³/mol. The van der Waals surface area contributed by atoms with Gasteiger partial charge in [0.05, 0.1) is 6.54 Å². The summed E-state index contributed by atoms with van der Waals surface area (Å²) in [6, 6.07) is 4.60. The van der Waals surface area contributed by atoms with Crippen LogP contribution in [0.5, 0.6) is 0 Å². The maximum atomic E-state index is 12.7. The van der Waals surface area contributed by atoms with Gasteiger partial charge in [0.25, 0.3) is 0 Å². The van der Waals surface area contributed by atoms with Crippen molar-refractivity contribution >= 4 is 29.9 Å². The van der Waals surface area contributed by atoms with E-state index in [0.29, 0.717) is 22.9 Å². The Morgan fingerprint density at radius 1 is 1.25 bits per heavy atom. The number of hydrogen-bond acceptors (Lipinski definition) is 5. The number of halogens is 4. The lowest BCUT2D eigenvalue weighted by Gasteiger charge is -2.29. The molecule has 2 heterocycles. The molecule has 2 amide bonds. The number of nitrogens with zero attached hydrogens (tertiary/aromatic N) is 2. The number of piperidine rings is 1. The Morgan fingerprint density at radius 2 is 1.93 bits per heavy atom. The number of anilines is 1. The molecule has 152 valence electrons. The van der Waals surface area contributed by atoms with Crippen molar-refractivity contribution in [2.45, 2.75) is 31.6 Å². The van der Waals surface area contributed by atoms with Gasteiger partial charge in [0.15, 0.2) is 5.82 Å². The van der Waals surface area contributed by atoms with Gasteiger partial charge in [0, 0.05) is 11.3 Å². The summed E-state index contributed by atoms with van der Waals surface area (Å²) in [5.74, 6) is -1.76. The molecule has 1 aromatic heterocycles. The second-order valence-electron chi connectivity index (χ2n) is 6.11. The van der Waals surface area contributed by atoms with E-state index < -0.39 is 30.0 Å². The molecule has 1 saturated heterocycles. The van der Waals surface area contributed by atoms with Gasteiger partial charge in [-0.05, 0) is 37.1 Å². The lowest BCUT2D eigenvalue weighted by molar-refractivity contribution is -0.170. The van der Waals surface area contributed by atoms with Crippen LogP contribution in [-0.4, -0.2) is 39.2 Å². The van der Waals surface area contributed by atoms with Crippen molar-refractivity contribution < 1.29 is 22.8 Å². The van der Waals surface area contributed by atoms with Gasteiger partial charge in [-0.25, -0.2) is 4.98 Å². The summed E-state index contributed by atoms with van der Waals surface area (Å²) in [7, 11) is 0. The van der Waals surface area contributed by atoms with Crippen LogP contribution in [0.3, 0.4) is 0 Å². The zero-order valence-corrected chi connectivity index (χ0v) is 15.2. The minimum Gasteiger partial charge on any atom is -0.344 e. The van der Waals surface area contributed by atoms with E-state index in [9.17, 15) is 22.8 Å². The molecule has 1 fully saturated rings. The normalized spacial score (nSPS) is 19.5. The van der Waals surface area contributed by atoms with Gasteiger partial charge in [-0.3, -0.25) is 14.7 Å². The van der Waals surface area contributed by atoms with E-state index in [1.807, 2.05) is 5.32 Å². The summed E-state index contributed by atoms with van der Waals surface area (Å²) in [6.45, 7) is 0.222. The molecule has 8 nitrogen and oxygen atoms in total. The topological polar surface area (TPSA) is 126 Å². The fraction of sp³-hybridized carbons (Fsp3) is 0.375. The number of nitrogens with two attached hydrogens (primary N) is 1. The molecule has 5 N–H and O–H groups in total. The third kappa shape index (κ3) is 4.78. The van der Waals surface area contributed by atoms with E-state index in [4.69, 9.17) is 5.73 Å². The van der Waals surface area contributed by atoms with Gasteiger partial charge in [0.2, 0.25) is 11.8 Å². The van der Waals surface area contributed by atoms with E-state index >= 15 is 0 Å². The van der Waals surface area contributed by atoms with Crippen LogP contribution < -0.4 is 16.4 Å². The van der Waals surface area contributed by atoms with Crippen LogP contribution in [0, 0.1) is 5.92 Å². The van der Waals surface area contributed by atoms with Crippen molar-refractivity contribution in [1.29, 1.82) is 0 Å². The Kier molecular flexibility index (Phi) is 6.62. The van der Waals surface area contributed by atoms with Crippen molar-refractivity contribution in [1.82, 2.24) is 20.5 Å². The fourth-order valence-corrected chi connectivity index (χ4v) is 2.75. The maximum Gasteiger partial charge on any atom is 0.408 e. The number of nitrogens with one attached hydrogen (secondary N) is 3. The van der Waals surface area contributed by atoms with Gasteiger partial charge in [-0.1, -0.05) is 0 Å². The van der Waals surface area contributed by atoms with Crippen molar-refractivity contribution in [2.24, 2.45) is 11.7 Å². The number of alkyl halides is 3. The molecular weight excluding hydrogens is 401 g/mol. The van der Waals surface area contributed by atoms with Crippen LogP contribution >= 0.6 is 12.4 Å². The quantitative estimate of drug-likeness (QED) is 0.563. The molecule has 3 rings (SSSR count). The van der Waals surface area contributed by atoms with Gasteiger partial charge < -0.3 is 16.4 Å². The van der Waals surface area contributed by atoms with Crippen LogP contribution in [-0.2, 0) is 16.1 Å². The van der Waals surface area contributed by atoms with Crippen LogP contribution in [0.15, 0.2) is 24.3 Å². The minimum atomic E-state index is -4.52. The molecular formula is C16H18ClF3N6O2. The molecule has 12 heteroatoms. The Morgan fingerprint density at radius 3 is 2.46 bits per heavy atom. The van der Waals surface area contributed by atoms with Gasteiger partial charge in [-0.15, -0.1) is 12.4 Å². The number of carbonyl (C=O) groups is 2. The van der Waals surface area contributed by atoms with E-state index in [1.54, 1.807) is 24.3 Å². The van der Waals surface area contributed by atoms with Crippen LogP contribution in [0.4, 0.5) is 18.9 Å². The van der Waals surface area contributed by atoms with Crippen molar-refractivity contribution in [3.8, 4) is 11.4 Å². The number of amides is 2. The highest BCUT2D eigenvalue weighted by Crippen LogP contribution is 2.29. The van der Waals surface area contributed by atoms with Crippen molar-refractivity contribution in [2.75, 3.05) is 5.32 Å². The van der Waals surface area contributed by atoms with E-state index in [-0.39, 0.29) is 31.8 Å². The van der Waals surface area contributed by atoms with Crippen LogP contribution in [0.25, 0.3) is 11.4 Å². The summed E-state index contributed by atoms with van der Waals surface area (Å²) in [6.07, 6.45) is -5.02. The lowest BCUT2D eigenvalue weighted by atomic mass is 9.92.